The third kappa shape index (κ3) is 3.35. The Kier molecular flexibility index (Phi) is 4.27. The number of nitrogens with zero attached hydrogens (tertiary/aromatic N) is 4. The molecule has 1 aromatic heterocycles. The number of benzene rings is 2. The van der Waals surface area contributed by atoms with Crippen molar-refractivity contribution in [2.45, 2.75) is 12.5 Å². The van der Waals surface area contributed by atoms with Gasteiger partial charge >= 0.3 is 0 Å². The number of hydrazone groups is 1. The van der Waals surface area contributed by atoms with Crippen LogP contribution < -0.4 is 4.74 Å². The zero-order valence-electron chi connectivity index (χ0n) is 14.9. The van der Waals surface area contributed by atoms with Crippen LogP contribution in [0.1, 0.15) is 23.6 Å². The van der Waals surface area contributed by atoms with Gasteiger partial charge in [0.25, 0.3) is 0 Å². The maximum Gasteiger partial charge on any atom is 0.247 e. The van der Waals surface area contributed by atoms with Crippen LogP contribution in [-0.4, -0.2) is 41.9 Å². The summed E-state index contributed by atoms with van der Waals surface area (Å²) in [6, 6.07) is 12.6. The second kappa shape index (κ2) is 6.62. The zero-order chi connectivity index (χ0) is 19.0. The van der Waals surface area contributed by atoms with Gasteiger partial charge in [-0.3, -0.25) is 9.97 Å². The molecule has 7 nitrogen and oxygen atoms in total. The Morgan fingerprint density at radius 3 is 2.41 bits per heavy atom. The van der Waals surface area contributed by atoms with Crippen molar-refractivity contribution in [2.75, 3.05) is 13.4 Å². The van der Waals surface area contributed by atoms with Gasteiger partial charge in [0, 0.05) is 18.8 Å². The van der Waals surface area contributed by atoms with Gasteiger partial charge in [0.2, 0.25) is 10.0 Å². The molecule has 4 rings (SSSR count). The third-order valence-electron chi connectivity index (χ3n) is 4.51. The van der Waals surface area contributed by atoms with Crippen LogP contribution in [0.4, 0.5) is 0 Å². The number of rotatable bonds is 4. The van der Waals surface area contributed by atoms with Crippen molar-refractivity contribution >= 4 is 26.8 Å². The molecule has 1 aliphatic heterocycles. The first-order valence-electron chi connectivity index (χ1n) is 8.38. The topological polar surface area (TPSA) is 84.8 Å². The van der Waals surface area contributed by atoms with Gasteiger partial charge in [-0.05, 0) is 47.5 Å². The molecule has 0 amide bonds. The summed E-state index contributed by atoms with van der Waals surface area (Å²) in [6.45, 7) is 0. The average molecular weight is 382 g/mol. The summed E-state index contributed by atoms with van der Waals surface area (Å²) in [5, 5.41) is 4.41. The van der Waals surface area contributed by atoms with E-state index in [-0.39, 0.29) is 0 Å². The fourth-order valence-corrected chi connectivity index (χ4v) is 4.09. The molecule has 3 aromatic rings. The molecule has 0 saturated carbocycles. The second-order valence-corrected chi connectivity index (χ2v) is 8.18. The molecule has 0 spiro atoms. The van der Waals surface area contributed by atoms with E-state index < -0.39 is 16.1 Å². The highest BCUT2D eigenvalue weighted by Gasteiger charge is 2.34. The molecule has 0 saturated heterocycles. The third-order valence-corrected chi connectivity index (χ3v) is 5.53. The van der Waals surface area contributed by atoms with Crippen molar-refractivity contribution < 1.29 is 13.2 Å². The smallest absolute Gasteiger partial charge is 0.247 e. The lowest BCUT2D eigenvalue weighted by Gasteiger charge is -2.21. The average Bonchev–Trinajstić information content (AvgIpc) is 3.14. The lowest BCUT2D eigenvalue weighted by Crippen LogP contribution is -2.25. The fourth-order valence-electron chi connectivity index (χ4n) is 3.19. The minimum Gasteiger partial charge on any atom is -0.497 e. The Labute approximate surface area is 157 Å². The molecule has 0 radical (unpaired) electrons. The van der Waals surface area contributed by atoms with Gasteiger partial charge in [-0.1, -0.05) is 6.07 Å². The molecular formula is C19H18N4O3S. The predicted octanol–water partition coefficient (Wildman–Crippen LogP) is 2.75. The Bertz CT molecular complexity index is 1130. The van der Waals surface area contributed by atoms with E-state index in [1.165, 1.54) is 10.7 Å². The first-order chi connectivity index (χ1) is 13.0. The monoisotopic (exact) mass is 382 g/mol. The summed E-state index contributed by atoms with van der Waals surface area (Å²) in [7, 11) is -1.92. The van der Waals surface area contributed by atoms with Gasteiger partial charge < -0.3 is 4.74 Å². The molecule has 8 heteroatoms. The van der Waals surface area contributed by atoms with Crippen LogP contribution in [0.15, 0.2) is 60.0 Å². The van der Waals surface area contributed by atoms with Crippen LogP contribution in [0.3, 0.4) is 0 Å². The van der Waals surface area contributed by atoms with E-state index in [0.29, 0.717) is 12.1 Å². The fraction of sp³-hybridized carbons (Fsp3) is 0.211. The number of hydrogen-bond donors (Lipinski definition) is 0. The minimum atomic E-state index is -3.52. The summed E-state index contributed by atoms with van der Waals surface area (Å²) in [4.78, 5) is 8.58. The van der Waals surface area contributed by atoms with Gasteiger partial charge in [-0.2, -0.15) is 9.52 Å². The van der Waals surface area contributed by atoms with Crippen molar-refractivity contribution in [1.82, 2.24) is 14.4 Å². The molecule has 0 unspecified atom stereocenters. The molecule has 1 atom stereocenters. The lowest BCUT2D eigenvalue weighted by atomic mass is 9.98. The van der Waals surface area contributed by atoms with Gasteiger partial charge in [-0.25, -0.2) is 8.42 Å². The van der Waals surface area contributed by atoms with Crippen molar-refractivity contribution in [2.24, 2.45) is 5.10 Å². The molecule has 1 aliphatic rings. The number of methoxy groups -OCH3 is 1. The summed E-state index contributed by atoms with van der Waals surface area (Å²) >= 11 is 0. The van der Waals surface area contributed by atoms with Crippen LogP contribution in [-0.2, 0) is 10.0 Å². The number of aromatic nitrogens is 2. The maximum atomic E-state index is 12.3. The van der Waals surface area contributed by atoms with Crippen molar-refractivity contribution in [3.8, 4) is 5.75 Å². The van der Waals surface area contributed by atoms with E-state index in [2.05, 4.69) is 15.1 Å². The summed E-state index contributed by atoms with van der Waals surface area (Å²) < 4.78 is 31.0. The van der Waals surface area contributed by atoms with E-state index in [1.807, 2.05) is 42.5 Å². The van der Waals surface area contributed by atoms with Crippen molar-refractivity contribution in [1.29, 1.82) is 0 Å². The predicted molar refractivity (Wildman–Crippen MR) is 103 cm³/mol. The van der Waals surface area contributed by atoms with E-state index in [4.69, 9.17) is 4.74 Å². The Morgan fingerprint density at radius 2 is 1.74 bits per heavy atom. The summed E-state index contributed by atoms with van der Waals surface area (Å²) in [5.74, 6) is 0.738. The molecule has 2 aromatic carbocycles. The Balaban J connectivity index is 1.73. The zero-order valence-corrected chi connectivity index (χ0v) is 15.7. The van der Waals surface area contributed by atoms with Gasteiger partial charge in [0.15, 0.2) is 0 Å². The Hall–Kier alpha value is -3.00. The minimum absolute atomic E-state index is 0.413. The van der Waals surface area contributed by atoms with E-state index in [0.717, 1.165) is 27.9 Å². The van der Waals surface area contributed by atoms with E-state index in [9.17, 15) is 8.42 Å². The molecule has 0 aliphatic carbocycles. The SMILES string of the molecule is COc1ccc(C2=NN(S(C)(=O)=O)[C@@H](c3ccc4nccnc4c3)C2)cc1. The normalized spacial score (nSPS) is 17.2. The largest absolute Gasteiger partial charge is 0.497 e. The number of sulfonamides is 1. The van der Waals surface area contributed by atoms with Crippen LogP contribution in [0.25, 0.3) is 11.0 Å². The highest BCUT2D eigenvalue weighted by molar-refractivity contribution is 7.88. The van der Waals surface area contributed by atoms with E-state index in [1.54, 1.807) is 19.5 Å². The standard InChI is InChI=1S/C19H18N4O3S/c1-26-15-6-3-13(4-7-15)17-12-19(23(22-17)27(2,24)25)14-5-8-16-18(11-14)21-10-9-20-16/h3-11,19H,12H2,1-2H3/t19-/m1/s1. The van der Waals surface area contributed by atoms with Crippen LogP contribution in [0.2, 0.25) is 0 Å². The van der Waals surface area contributed by atoms with Gasteiger partial charge in [0.1, 0.15) is 5.75 Å². The maximum absolute atomic E-state index is 12.3. The first kappa shape index (κ1) is 17.4. The van der Waals surface area contributed by atoms with Crippen LogP contribution >= 0.6 is 0 Å². The highest BCUT2D eigenvalue weighted by Crippen LogP contribution is 2.35. The summed E-state index contributed by atoms with van der Waals surface area (Å²) in [6.07, 6.45) is 4.89. The number of hydrogen-bond acceptors (Lipinski definition) is 6. The number of fused-ring (bicyclic) bond motifs is 1. The van der Waals surface area contributed by atoms with Crippen LogP contribution in [0, 0.1) is 0 Å². The van der Waals surface area contributed by atoms with Gasteiger partial charge in [0.05, 0.1) is 36.2 Å². The molecule has 0 N–H and O–H groups in total. The second-order valence-electron chi connectivity index (χ2n) is 6.34. The first-order valence-corrected chi connectivity index (χ1v) is 10.2. The quantitative estimate of drug-likeness (QED) is 0.693. The molecule has 2 heterocycles. The number of ether oxygens (including phenoxy) is 1. The highest BCUT2D eigenvalue weighted by atomic mass is 32.2. The van der Waals surface area contributed by atoms with Crippen LogP contribution in [0.5, 0.6) is 5.75 Å². The Morgan fingerprint density at radius 1 is 1.04 bits per heavy atom. The molecule has 138 valence electrons. The molecule has 0 fully saturated rings. The molecule has 27 heavy (non-hydrogen) atoms. The lowest BCUT2D eigenvalue weighted by molar-refractivity contribution is 0.375. The summed E-state index contributed by atoms with van der Waals surface area (Å²) in [5.41, 5.74) is 3.91. The molecule has 0 bridgehead atoms. The molecular weight excluding hydrogens is 364 g/mol. The van der Waals surface area contributed by atoms with E-state index >= 15 is 0 Å². The van der Waals surface area contributed by atoms with Crippen molar-refractivity contribution in [3.05, 3.63) is 66.0 Å². The van der Waals surface area contributed by atoms with Crippen molar-refractivity contribution in [3.63, 3.8) is 0 Å². The van der Waals surface area contributed by atoms with Gasteiger partial charge in [-0.15, -0.1) is 0 Å².